The molecule has 40 nitrogen and oxygen atoms in total. The number of nitrogens with one attached hydrogen (secondary N) is 8. The Kier molecular flexibility index (Phi) is 38.8. The van der Waals surface area contributed by atoms with Gasteiger partial charge in [0.05, 0.1) is 30.6 Å². The highest BCUT2D eigenvalue weighted by Crippen LogP contribution is 2.30. The van der Waals surface area contributed by atoms with Crippen molar-refractivity contribution in [3.05, 3.63) is 29.8 Å². The van der Waals surface area contributed by atoms with E-state index in [0.717, 1.165) is 30.7 Å². The number of primary amides is 2. The van der Waals surface area contributed by atoms with Gasteiger partial charge in [-0.15, -0.1) is 0 Å². The Labute approximate surface area is 644 Å². The number of fused-ring (bicyclic) bond motifs is 1. The number of phenols is 1. The number of carbonyl (C=O) groups excluding carboxylic acids is 13. The van der Waals surface area contributed by atoms with Crippen LogP contribution in [-0.2, 0) is 76.6 Å². The van der Waals surface area contributed by atoms with E-state index in [0.29, 0.717) is 6.42 Å². The Balaban J connectivity index is 2.38. The van der Waals surface area contributed by atoms with E-state index in [-0.39, 0.29) is 100 Å². The molecule has 2 aliphatic rings. The fourth-order valence-corrected chi connectivity index (χ4v) is 13.0. The second kappa shape index (κ2) is 45.3. The maximum Gasteiger partial charge on any atom is 0.329 e. The number of hydrogen-bond donors (Lipinski definition) is 20. The molecule has 26 N–H and O–H groups in total. The number of cyclic esters (lactones) is 1. The summed E-state index contributed by atoms with van der Waals surface area (Å²) in [5.41, 5.74) is 33.6. The van der Waals surface area contributed by atoms with Crippen molar-refractivity contribution in [3.63, 3.8) is 0 Å². The van der Waals surface area contributed by atoms with Gasteiger partial charge < -0.3 is 127 Å². The van der Waals surface area contributed by atoms with Crippen molar-refractivity contribution < 1.29 is 107 Å². The summed E-state index contributed by atoms with van der Waals surface area (Å²) in [5.74, 6) is -22.5. The molecule has 2 fully saturated rings. The Morgan fingerprint density at radius 2 is 1.26 bits per heavy atom. The van der Waals surface area contributed by atoms with E-state index in [9.17, 15) is 73.8 Å². The number of hydrogen-bond acceptors (Lipinski definition) is 23. The number of nitrogens with zero attached hydrogens (tertiary/aromatic N) is 4. The lowest BCUT2D eigenvalue weighted by Gasteiger charge is -2.39. The van der Waals surface area contributed by atoms with Gasteiger partial charge in [0.2, 0.25) is 65.0 Å². The zero-order valence-electron chi connectivity index (χ0n) is 65.1. The first-order valence-electron chi connectivity index (χ1n) is 37.0. The molecule has 0 aromatic heterocycles. The fourth-order valence-electron chi connectivity index (χ4n) is 13.0. The van der Waals surface area contributed by atoms with Crippen molar-refractivity contribution >= 4 is 94.7 Å². The number of esters is 1. The van der Waals surface area contributed by atoms with Crippen LogP contribution in [0.3, 0.4) is 0 Å². The van der Waals surface area contributed by atoms with Crippen LogP contribution in [0.25, 0.3) is 0 Å². The number of ether oxygens (including phenoxy) is 2. The molecule has 12 amide bonds. The number of carbonyl (C=O) groups is 14. The van der Waals surface area contributed by atoms with E-state index in [4.69, 9.17) is 43.9 Å². The number of guanidine groups is 2. The minimum atomic E-state index is -2.67. The molecule has 0 radical (unpaired) electrons. The summed E-state index contributed by atoms with van der Waals surface area (Å²) in [6.45, 7) is 14.3. The number of aliphatic imine (C=N–C) groups is 2. The minimum absolute atomic E-state index is 0.0625. The van der Waals surface area contributed by atoms with Gasteiger partial charge >= 0.3 is 11.9 Å². The first-order chi connectivity index (χ1) is 51.8. The monoisotopic (exact) mass is 1570 g/mol. The van der Waals surface area contributed by atoms with Crippen molar-refractivity contribution in [1.82, 2.24) is 52.3 Å². The lowest BCUT2D eigenvalue weighted by atomic mass is 9.87. The quantitative estimate of drug-likeness (QED) is 0.0129. The number of likely N-dealkylation sites (N-methyl/N-ethyl adjacent to an activating group) is 1. The maximum atomic E-state index is 15.6. The van der Waals surface area contributed by atoms with Crippen LogP contribution in [0.5, 0.6) is 5.75 Å². The number of methoxy groups -OCH3 is 1. The average Bonchev–Trinajstić information content (AvgIpc) is 0.786. The van der Waals surface area contributed by atoms with Crippen LogP contribution in [0, 0.1) is 35.5 Å². The Morgan fingerprint density at radius 1 is 0.667 bits per heavy atom. The number of aromatic hydroxyl groups is 1. The van der Waals surface area contributed by atoms with Gasteiger partial charge in [0, 0.05) is 46.1 Å². The third-order valence-electron chi connectivity index (χ3n) is 19.5. The molecule has 3 rings (SSSR count). The molecule has 2 heterocycles. The van der Waals surface area contributed by atoms with E-state index in [1.807, 2.05) is 13.8 Å². The van der Waals surface area contributed by atoms with E-state index in [1.54, 1.807) is 20.8 Å². The van der Waals surface area contributed by atoms with Gasteiger partial charge in [0.1, 0.15) is 78.4 Å². The highest BCUT2D eigenvalue weighted by atomic mass is 16.5. The molecule has 2 aliphatic heterocycles. The number of rotatable bonds is 36. The van der Waals surface area contributed by atoms with E-state index >= 15 is 24.0 Å². The van der Waals surface area contributed by atoms with Crippen LogP contribution < -0.4 is 76.9 Å². The highest BCUT2D eigenvalue weighted by molar-refractivity contribution is 6.00. The fraction of sp³-hybridized carbons (Fsp3) is 0.690. The lowest BCUT2D eigenvalue weighted by Crippen LogP contribution is -2.65. The first kappa shape index (κ1) is 95.1. The van der Waals surface area contributed by atoms with Gasteiger partial charge in [-0.2, -0.15) is 0 Å². The largest absolute Gasteiger partial charge is 0.508 e. The molecule has 0 aliphatic carbocycles. The number of aliphatic carboxylic acids is 1. The summed E-state index contributed by atoms with van der Waals surface area (Å²) in [5, 5.41) is 86.0. The average molecular weight is 1580 g/mol. The summed E-state index contributed by atoms with van der Waals surface area (Å²) in [6.07, 6.45) is -14.0. The zero-order valence-corrected chi connectivity index (χ0v) is 65.1. The zero-order chi connectivity index (χ0) is 84.2. The molecule has 11 unspecified atom stereocenters. The van der Waals surface area contributed by atoms with E-state index in [2.05, 4.69) is 52.5 Å². The number of nitrogens with two attached hydrogens (primary N) is 6. The molecule has 2 saturated heterocycles. The van der Waals surface area contributed by atoms with Gasteiger partial charge in [-0.05, 0) is 119 Å². The summed E-state index contributed by atoms with van der Waals surface area (Å²) in [7, 11) is 2.34. The smallest absolute Gasteiger partial charge is 0.329 e. The number of piperidine rings is 1. The molecule has 0 saturated carbocycles. The standard InChI is InChI=1S/C71H118N18O22/c1-32(2)29-34(5)54(95)37(8)59(99)82-44(31-48(72)92)61(101)80-42(17-15-26-78-70(74)75)55(96)56(97)66(106)84-50(35(6)36(7)58(73)98)63(103)86-52-39(10)111-69(109)47-19-13-14-28-89(47)68(108)53(57(110-12)40-20-22-41(91)23-21-40)87-62(102)46(24-25-49(93)94)88(11)67(107)45(30-33(3)4)83-60(100)43(18-16-27-79-71(76)77)81-64(104)51(38(9)90)85-65(52)105/h20-23,32-39,42-47,50-57,90-91,95-97H,13-19,24-31H2,1-12H3,(H2,72,92)(H2,73,98)(H,80,101)(H,81,104)(H,82,99)(H,83,100)(H,84,106)(H,85,105)(H,86,103)(H,87,102)(H,93,94)(H4,74,75,78)(H4,76,77,79)/t34?,35?,36?,37?,38-,39-,42?,43-,44+,45+,46+,47+,50?,51-,52-,53?,54?,55?,56?,57?/m1/s1. The van der Waals surface area contributed by atoms with Gasteiger partial charge in [-0.3, -0.25) is 72.3 Å². The normalized spacial score (nSPS) is 23.2. The number of aliphatic hydroxyl groups excluding tert-OH is 4. The van der Waals surface area contributed by atoms with Crippen molar-refractivity contribution in [2.75, 3.05) is 33.8 Å². The molecule has 1 aromatic carbocycles. The summed E-state index contributed by atoms with van der Waals surface area (Å²) >= 11 is 0. The minimum Gasteiger partial charge on any atom is -0.508 e. The van der Waals surface area contributed by atoms with Crippen LogP contribution in [-0.4, -0.2) is 260 Å². The summed E-state index contributed by atoms with van der Waals surface area (Å²) in [6, 6.07) is -13.3. The summed E-state index contributed by atoms with van der Waals surface area (Å²) < 4.78 is 11.9. The predicted octanol–water partition coefficient (Wildman–Crippen LogP) is -5.46. The van der Waals surface area contributed by atoms with Crippen LogP contribution in [0.1, 0.15) is 158 Å². The van der Waals surface area contributed by atoms with Gasteiger partial charge in [0.15, 0.2) is 18.0 Å². The van der Waals surface area contributed by atoms with Gasteiger partial charge in [-0.25, -0.2) is 4.79 Å². The number of aliphatic hydroxyl groups is 4. The molecule has 40 heteroatoms. The highest BCUT2D eigenvalue weighted by Gasteiger charge is 2.47. The van der Waals surface area contributed by atoms with Crippen LogP contribution in [0.2, 0.25) is 0 Å². The Hall–Kier alpha value is -10.1. The SMILES string of the molecule is COC(c1ccc(O)cc1)C1NC(=O)[C@H](CCC(=O)O)N(C)C(=O)[C@H](CC(C)C)NC(=O)[C@@H](CCCN=C(N)N)NC(=O)[C@@H]([C@@H](C)O)NC(=O)[C@H](NC(=O)C(NC(=O)C(O)C(O)C(CCCN=C(N)N)NC(=O)[C@H](CC(N)=O)NC(=O)C(C)C(O)C(C)CC(C)C)C(C)C(C)C(N)=O)[C@@H](C)OC(=O)[C@@H]2CCCCN2C1=O. The first-order valence-corrected chi connectivity index (χ1v) is 37.0. The van der Waals surface area contributed by atoms with Crippen LogP contribution >= 0.6 is 0 Å². The summed E-state index contributed by atoms with van der Waals surface area (Å²) in [4.78, 5) is 210. The number of carboxylic acids is 1. The lowest BCUT2D eigenvalue weighted by molar-refractivity contribution is -0.165. The predicted molar refractivity (Wildman–Crippen MR) is 400 cm³/mol. The Morgan fingerprint density at radius 3 is 1.81 bits per heavy atom. The second-order valence-electron chi connectivity index (χ2n) is 29.4. The molecule has 0 bridgehead atoms. The van der Waals surface area contributed by atoms with Crippen molar-refractivity contribution in [3.8, 4) is 5.75 Å². The molecular weight excluding hydrogens is 1460 g/mol. The van der Waals surface area contributed by atoms with Crippen LogP contribution in [0.4, 0.5) is 0 Å². The van der Waals surface area contributed by atoms with Crippen LogP contribution in [0.15, 0.2) is 34.3 Å². The molecule has 20 atom stereocenters. The third-order valence-corrected chi connectivity index (χ3v) is 19.5. The molecular formula is C71H118N18O22. The van der Waals surface area contributed by atoms with Gasteiger partial charge in [-0.1, -0.05) is 67.5 Å². The van der Waals surface area contributed by atoms with Gasteiger partial charge in [0.25, 0.3) is 5.91 Å². The van der Waals surface area contributed by atoms with Crippen molar-refractivity contribution in [2.24, 2.45) is 79.9 Å². The number of amides is 12. The number of benzene rings is 1. The number of phenolic OH excluding ortho intramolecular Hbond substituents is 1. The third kappa shape index (κ3) is 29.6. The second-order valence-corrected chi connectivity index (χ2v) is 29.4. The van der Waals surface area contributed by atoms with E-state index < -0.39 is 229 Å². The molecule has 624 valence electrons. The van der Waals surface area contributed by atoms with E-state index in [1.165, 1.54) is 52.1 Å². The Bertz CT molecular complexity index is 3430. The maximum absolute atomic E-state index is 15.6. The van der Waals surface area contributed by atoms with Crippen molar-refractivity contribution in [1.29, 1.82) is 0 Å². The molecule has 1 aromatic rings. The number of carboxylic acid groups (broad SMARTS) is 1. The molecule has 0 spiro atoms. The molecule has 111 heavy (non-hydrogen) atoms. The van der Waals surface area contributed by atoms with Crippen molar-refractivity contribution in [2.45, 2.75) is 243 Å². The topological polar surface area (TPSA) is 662 Å².